The van der Waals surface area contributed by atoms with Gasteiger partial charge in [0.1, 0.15) is 5.75 Å². The molecule has 196 valence electrons. The zero-order valence-electron chi connectivity index (χ0n) is 22.2. The summed E-state index contributed by atoms with van der Waals surface area (Å²) in [5.74, 6) is 2.16. The van der Waals surface area contributed by atoms with E-state index < -0.39 is 0 Å². The van der Waals surface area contributed by atoms with Gasteiger partial charge in [-0.25, -0.2) is 4.98 Å². The largest absolute Gasteiger partial charge is 0.497 e. The third-order valence-electron chi connectivity index (χ3n) is 6.47. The number of alkyl halides is 1. The first-order valence-electron chi connectivity index (χ1n) is 12.9. The average molecular weight is 521 g/mol. The highest BCUT2D eigenvalue weighted by Gasteiger charge is 2.14. The number of aromatic nitrogens is 4. The second-order valence-corrected chi connectivity index (χ2v) is 10.0. The lowest BCUT2D eigenvalue weighted by atomic mass is 10.1. The average Bonchev–Trinajstić information content (AvgIpc) is 3.35. The van der Waals surface area contributed by atoms with Crippen LogP contribution in [0.15, 0.2) is 55.0 Å². The van der Waals surface area contributed by atoms with Gasteiger partial charge in [0.05, 0.1) is 36.2 Å². The number of methoxy groups -OCH3 is 1. The zero-order chi connectivity index (χ0) is 26.2. The minimum absolute atomic E-state index is 0.574. The van der Waals surface area contributed by atoms with E-state index in [1.54, 1.807) is 11.8 Å². The van der Waals surface area contributed by atoms with E-state index >= 15 is 0 Å². The number of anilines is 2. The predicted octanol–water partition coefficient (Wildman–Crippen LogP) is 6.12. The Morgan fingerprint density at radius 1 is 1.05 bits per heavy atom. The number of benzene rings is 2. The number of aryl methyl sites for hydroxylation is 2. The summed E-state index contributed by atoms with van der Waals surface area (Å²) in [4.78, 5) is 11.9. The highest BCUT2D eigenvalue weighted by atomic mass is 35.5. The van der Waals surface area contributed by atoms with Crippen LogP contribution in [0.2, 0.25) is 0 Å². The summed E-state index contributed by atoms with van der Waals surface area (Å²) >= 11 is 5.93. The van der Waals surface area contributed by atoms with E-state index in [1.807, 2.05) is 31.7 Å². The van der Waals surface area contributed by atoms with Gasteiger partial charge in [0, 0.05) is 48.7 Å². The molecule has 0 bridgehead atoms. The first kappa shape index (κ1) is 26.9. The molecule has 8 heteroatoms. The lowest BCUT2D eigenvalue weighted by Gasteiger charge is -2.26. The van der Waals surface area contributed by atoms with Gasteiger partial charge in [0.25, 0.3) is 0 Å². The van der Waals surface area contributed by atoms with Gasteiger partial charge in [0.15, 0.2) is 0 Å². The highest BCUT2D eigenvalue weighted by Crippen LogP contribution is 2.32. The number of halogens is 1. The number of fused-ring (bicyclic) bond motifs is 1. The Kier molecular flexibility index (Phi) is 9.36. The van der Waals surface area contributed by atoms with Gasteiger partial charge in [-0.15, -0.1) is 11.6 Å². The van der Waals surface area contributed by atoms with Crippen LogP contribution in [0, 0.1) is 12.8 Å². The van der Waals surface area contributed by atoms with Gasteiger partial charge >= 0.3 is 0 Å². The molecule has 2 aromatic heterocycles. The standard InChI is InChI=1S/C29H37ClN6O/c1-21(17-30)7-5-10-31-11-6-12-36(25-13-22(2)14-26(15-25)37-4)24-8-9-27-28(16-24)34-29(19-32-27)23-18-33-35(3)20-23/h8-9,13-16,18-21,31H,5-7,10-12,17H2,1-4H3. The molecule has 0 aliphatic rings. The summed E-state index contributed by atoms with van der Waals surface area (Å²) in [7, 11) is 3.61. The van der Waals surface area contributed by atoms with Crippen LogP contribution in [-0.4, -0.2) is 52.4 Å². The third-order valence-corrected chi connectivity index (χ3v) is 7.00. The molecule has 2 heterocycles. The first-order chi connectivity index (χ1) is 18.0. The van der Waals surface area contributed by atoms with E-state index in [0.717, 1.165) is 89.8 Å². The van der Waals surface area contributed by atoms with Crippen molar-refractivity contribution in [2.75, 3.05) is 37.5 Å². The van der Waals surface area contributed by atoms with Gasteiger partial charge in [-0.1, -0.05) is 6.92 Å². The van der Waals surface area contributed by atoms with Gasteiger partial charge in [-0.3, -0.25) is 9.67 Å². The smallest absolute Gasteiger partial charge is 0.121 e. The van der Waals surface area contributed by atoms with E-state index in [-0.39, 0.29) is 0 Å². The van der Waals surface area contributed by atoms with Crippen LogP contribution in [0.4, 0.5) is 11.4 Å². The van der Waals surface area contributed by atoms with Gasteiger partial charge in [0.2, 0.25) is 0 Å². The van der Waals surface area contributed by atoms with E-state index in [0.29, 0.717) is 5.92 Å². The summed E-state index contributed by atoms with van der Waals surface area (Å²) in [5.41, 5.74) is 6.83. The molecule has 2 aromatic carbocycles. The van der Waals surface area contributed by atoms with Crippen LogP contribution in [-0.2, 0) is 7.05 Å². The van der Waals surface area contributed by atoms with Crippen molar-refractivity contribution in [3.8, 4) is 17.0 Å². The Bertz CT molecular complexity index is 1310. The Morgan fingerprint density at radius 3 is 2.65 bits per heavy atom. The first-order valence-corrected chi connectivity index (χ1v) is 13.5. The maximum absolute atomic E-state index is 5.93. The third kappa shape index (κ3) is 7.21. The summed E-state index contributed by atoms with van der Waals surface area (Å²) in [5, 5.41) is 7.86. The fourth-order valence-corrected chi connectivity index (χ4v) is 4.56. The molecule has 1 unspecified atom stereocenters. The molecule has 1 N–H and O–H groups in total. The van der Waals surface area contributed by atoms with Gasteiger partial charge in [-0.05, 0) is 81.1 Å². The van der Waals surface area contributed by atoms with E-state index in [1.165, 1.54) is 0 Å². The molecular formula is C29H37ClN6O. The summed E-state index contributed by atoms with van der Waals surface area (Å²) in [6.45, 7) is 7.13. The van der Waals surface area contributed by atoms with Crippen LogP contribution in [0.3, 0.4) is 0 Å². The Balaban J connectivity index is 1.55. The second-order valence-electron chi connectivity index (χ2n) is 9.70. The maximum Gasteiger partial charge on any atom is 0.121 e. The summed E-state index contributed by atoms with van der Waals surface area (Å²) < 4.78 is 7.35. The summed E-state index contributed by atoms with van der Waals surface area (Å²) in [6, 6.07) is 12.6. The molecule has 0 aliphatic carbocycles. The van der Waals surface area contributed by atoms with Gasteiger partial charge in [-0.2, -0.15) is 5.10 Å². The molecule has 0 saturated carbocycles. The Labute approximate surface area is 224 Å². The molecule has 0 amide bonds. The molecule has 4 rings (SSSR count). The zero-order valence-corrected chi connectivity index (χ0v) is 23.0. The lowest BCUT2D eigenvalue weighted by Crippen LogP contribution is -2.24. The molecule has 0 saturated heterocycles. The quantitative estimate of drug-likeness (QED) is 0.169. The van der Waals surface area contributed by atoms with Crippen molar-refractivity contribution in [3.63, 3.8) is 0 Å². The number of nitrogens with one attached hydrogen (secondary N) is 1. The number of hydrogen-bond donors (Lipinski definition) is 1. The van der Waals surface area contributed by atoms with Crippen molar-refractivity contribution in [1.82, 2.24) is 25.1 Å². The predicted molar refractivity (Wildman–Crippen MR) is 153 cm³/mol. The van der Waals surface area contributed by atoms with E-state index in [9.17, 15) is 0 Å². The van der Waals surface area contributed by atoms with Crippen molar-refractivity contribution in [2.45, 2.75) is 33.1 Å². The minimum Gasteiger partial charge on any atom is -0.497 e. The van der Waals surface area contributed by atoms with E-state index in [2.05, 4.69) is 64.5 Å². The molecule has 7 nitrogen and oxygen atoms in total. The second kappa shape index (κ2) is 12.9. The minimum atomic E-state index is 0.574. The Hall–Kier alpha value is -3.16. The van der Waals surface area contributed by atoms with Crippen LogP contribution in [0.25, 0.3) is 22.3 Å². The molecular weight excluding hydrogens is 484 g/mol. The van der Waals surface area contributed by atoms with Crippen LogP contribution < -0.4 is 15.0 Å². The van der Waals surface area contributed by atoms with Crippen molar-refractivity contribution >= 4 is 34.0 Å². The molecule has 4 aromatic rings. The normalized spacial score (nSPS) is 12.1. The molecule has 0 spiro atoms. The SMILES string of the molecule is COc1cc(C)cc(N(CCCNCCCC(C)CCl)c2ccc3ncc(-c4cnn(C)c4)nc3c2)c1. The van der Waals surface area contributed by atoms with Crippen molar-refractivity contribution in [1.29, 1.82) is 0 Å². The summed E-state index contributed by atoms with van der Waals surface area (Å²) in [6.07, 6.45) is 8.88. The van der Waals surface area contributed by atoms with Crippen molar-refractivity contribution < 1.29 is 4.74 Å². The molecule has 0 aliphatic heterocycles. The maximum atomic E-state index is 5.93. The lowest BCUT2D eigenvalue weighted by molar-refractivity contribution is 0.414. The number of nitrogens with zero attached hydrogens (tertiary/aromatic N) is 5. The van der Waals surface area contributed by atoms with Crippen molar-refractivity contribution in [2.24, 2.45) is 13.0 Å². The topological polar surface area (TPSA) is 68.1 Å². The van der Waals surface area contributed by atoms with Crippen LogP contribution >= 0.6 is 11.6 Å². The highest BCUT2D eigenvalue weighted by molar-refractivity contribution is 6.18. The monoisotopic (exact) mass is 520 g/mol. The van der Waals surface area contributed by atoms with Crippen LogP contribution in [0.1, 0.15) is 31.7 Å². The molecule has 1 atom stereocenters. The Morgan fingerprint density at radius 2 is 1.89 bits per heavy atom. The molecule has 0 radical (unpaired) electrons. The number of rotatable bonds is 13. The number of hydrogen-bond acceptors (Lipinski definition) is 6. The van der Waals surface area contributed by atoms with E-state index in [4.69, 9.17) is 21.3 Å². The molecule has 37 heavy (non-hydrogen) atoms. The fraction of sp³-hybridized carbons (Fsp3) is 0.414. The number of ether oxygens (including phenoxy) is 1. The van der Waals surface area contributed by atoms with Gasteiger partial charge < -0.3 is 15.0 Å². The van der Waals surface area contributed by atoms with Crippen LogP contribution in [0.5, 0.6) is 5.75 Å². The fourth-order valence-electron chi connectivity index (χ4n) is 4.41. The van der Waals surface area contributed by atoms with Crippen molar-refractivity contribution in [3.05, 3.63) is 60.6 Å². The molecule has 0 fully saturated rings.